The predicted octanol–water partition coefficient (Wildman–Crippen LogP) is 6.82. The van der Waals surface area contributed by atoms with Crippen LogP contribution in [-0.2, 0) is 9.59 Å². The molecule has 8 nitrogen and oxygen atoms in total. The van der Waals surface area contributed by atoms with Crippen LogP contribution < -0.4 is 20.7 Å². The first-order chi connectivity index (χ1) is 21.2. The molecule has 0 fully saturated rings. The molecule has 9 heteroatoms. The Balaban J connectivity index is 1.49. The van der Waals surface area contributed by atoms with Crippen molar-refractivity contribution in [1.82, 2.24) is 5.32 Å². The summed E-state index contributed by atoms with van der Waals surface area (Å²) < 4.78 is 5.30. The molecule has 1 atom stereocenters. The molecule has 4 rings (SSSR count). The highest BCUT2D eigenvalue weighted by Crippen LogP contribution is 2.29. The number of amides is 3. The zero-order valence-electron chi connectivity index (χ0n) is 24.6. The van der Waals surface area contributed by atoms with E-state index >= 15 is 0 Å². The first-order valence-electron chi connectivity index (χ1n) is 14.0. The van der Waals surface area contributed by atoms with Crippen molar-refractivity contribution in [2.24, 2.45) is 0 Å². The van der Waals surface area contributed by atoms with Crippen molar-refractivity contribution in [3.63, 3.8) is 0 Å². The van der Waals surface area contributed by atoms with Crippen LogP contribution in [0.25, 0.3) is 6.08 Å². The number of methoxy groups -OCH3 is 1. The maximum atomic E-state index is 13.5. The molecule has 224 valence electrons. The fraction of sp³-hybridized carbons (Fsp3) is 0.143. The second-order valence-electron chi connectivity index (χ2n) is 9.77. The summed E-state index contributed by atoms with van der Waals surface area (Å²) in [5.41, 5.74) is 2.80. The van der Waals surface area contributed by atoms with Gasteiger partial charge in [-0.25, -0.2) is 0 Å². The van der Waals surface area contributed by atoms with E-state index in [0.717, 1.165) is 4.90 Å². The van der Waals surface area contributed by atoms with Gasteiger partial charge in [0.15, 0.2) is 5.78 Å². The minimum Gasteiger partial charge on any atom is -0.497 e. The van der Waals surface area contributed by atoms with E-state index in [9.17, 15) is 19.2 Å². The highest BCUT2D eigenvalue weighted by atomic mass is 32.2. The lowest BCUT2D eigenvalue weighted by Gasteiger charge is -2.16. The van der Waals surface area contributed by atoms with E-state index in [2.05, 4.69) is 16.0 Å². The SMILES string of the molecule is CCC(Sc1cccc(NC(=O)/C(=C/c2cccc(OC)c2)NC(=O)c2ccccc2)c1)C(=O)Nc1ccc(C(C)=O)cc1. The van der Waals surface area contributed by atoms with Gasteiger partial charge in [0, 0.05) is 27.4 Å². The summed E-state index contributed by atoms with van der Waals surface area (Å²) in [6, 6.07) is 29.7. The molecule has 0 aromatic heterocycles. The standard InChI is InChI=1S/C35H33N3O5S/c1-4-32(35(42)36-27-18-16-25(17-19-27)23(2)39)44-30-15-9-13-28(22-30)37-34(41)31(21-24-10-8-14-29(20-24)43-3)38-33(40)26-11-6-5-7-12-26/h5-22,32H,4H2,1-3H3,(H,36,42)(H,37,41)(H,38,40)/b31-21-. The third-order valence-corrected chi connectivity index (χ3v) is 7.88. The number of ketones is 1. The number of thioether (sulfide) groups is 1. The molecule has 1 unspecified atom stereocenters. The van der Waals surface area contributed by atoms with Crippen molar-refractivity contribution < 1.29 is 23.9 Å². The topological polar surface area (TPSA) is 114 Å². The van der Waals surface area contributed by atoms with E-state index in [-0.39, 0.29) is 17.4 Å². The van der Waals surface area contributed by atoms with E-state index in [0.29, 0.717) is 40.2 Å². The van der Waals surface area contributed by atoms with Crippen molar-refractivity contribution in [3.05, 3.63) is 126 Å². The number of nitrogens with one attached hydrogen (secondary N) is 3. The number of carbonyl (C=O) groups is 4. The summed E-state index contributed by atoms with van der Waals surface area (Å²) in [5.74, 6) is -0.543. The molecule has 44 heavy (non-hydrogen) atoms. The molecule has 0 spiro atoms. The predicted molar refractivity (Wildman–Crippen MR) is 175 cm³/mol. The van der Waals surface area contributed by atoms with Gasteiger partial charge in [-0.2, -0.15) is 0 Å². The Labute approximate surface area is 260 Å². The number of hydrogen-bond acceptors (Lipinski definition) is 6. The first kappa shape index (κ1) is 31.8. The maximum absolute atomic E-state index is 13.5. The van der Waals surface area contributed by atoms with Gasteiger partial charge in [0.05, 0.1) is 12.4 Å². The van der Waals surface area contributed by atoms with Crippen LogP contribution in [0.5, 0.6) is 5.75 Å². The molecule has 0 radical (unpaired) electrons. The van der Waals surface area contributed by atoms with Gasteiger partial charge in [0.2, 0.25) is 5.91 Å². The largest absolute Gasteiger partial charge is 0.497 e. The number of benzene rings is 4. The van der Waals surface area contributed by atoms with Crippen LogP contribution in [0.15, 0.2) is 114 Å². The molecule has 0 aliphatic heterocycles. The van der Waals surface area contributed by atoms with Crippen LogP contribution in [0.1, 0.15) is 46.5 Å². The van der Waals surface area contributed by atoms with Crippen LogP contribution in [0, 0.1) is 0 Å². The summed E-state index contributed by atoms with van der Waals surface area (Å²) in [5, 5.41) is 8.11. The molecule has 0 bridgehead atoms. The molecule has 0 saturated heterocycles. The van der Waals surface area contributed by atoms with E-state index in [1.165, 1.54) is 18.7 Å². The molecule has 0 aliphatic carbocycles. The van der Waals surface area contributed by atoms with Crippen LogP contribution in [0.3, 0.4) is 0 Å². The molecule has 0 saturated carbocycles. The summed E-state index contributed by atoms with van der Waals surface area (Å²) in [6.45, 7) is 3.42. The van der Waals surface area contributed by atoms with Crippen molar-refractivity contribution in [3.8, 4) is 5.75 Å². The monoisotopic (exact) mass is 607 g/mol. The van der Waals surface area contributed by atoms with E-state index in [1.54, 1.807) is 110 Å². The minimum absolute atomic E-state index is 0.0432. The average molecular weight is 608 g/mol. The number of anilines is 2. The first-order valence-corrected chi connectivity index (χ1v) is 14.9. The number of Topliss-reactive ketones (excluding diaryl/α,β-unsaturated/α-hetero) is 1. The molecule has 3 N–H and O–H groups in total. The van der Waals surface area contributed by atoms with Crippen molar-refractivity contribution >= 4 is 52.7 Å². The lowest BCUT2D eigenvalue weighted by Crippen LogP contribution is -2.30. The van der Waals surface area contributed by atoms with Crippen molar-refractivity contribution in [1.29, 1.82) is 0 Å². The smallest absolute Gasteiger partial charge is 0.272 e. The highest BCUT2D eigenvalue weighted by Gasteiger charge is 2.20. The lowest BCUT2D eigenvalue weighted by atomic mass is 10.1. The van der Waals surface area contributed by atoms with Crippen molar-refractivity contribution in [2.75, 3.05) is 17.7 Å². The number of ether oxygens (including phenoxy) is 1. The average Bonchev–Trinajstić information content (AvgIpc) is 3.04. The second kappa shape index (κ2) is 15.4. The third-order valence-electron chi connectivity index (χ3n) is 6.53. The number of rotatable bonds is 12. The number of hydrogen-bond donors (Lipinski definition) is 3. The zero-order valence-corrected chi connectivity index (χ0v) is 25.4. The van der Waals surface area contributed by atoms with Gasteiger partial charge in [-0.05, 0) is 91.7 Å². The third kappa shape index (κ3) is 8.92. The summed E-state index contributed by atoms with van der Waals surface area (Å²) in [7, 11) is 1.55. The lowest BCUT2D eigenvalue weighted by molar-refractivity contribution is -0.116. The Morgan fingerprint density at radius 1 is 0.795 bits per heavy atom. The van der Waals surface area contributed by atoms with Gasteiger partial charge in [0.1, 0.15) is 11.4 Å². The summed E-state index contributed by atoms with van der Waals surface area (Å²) >= 11 is 1.37. The van der Waals surface area contributed by atoms with Gasteiger partial charge >= 0.3 is 0 Å². The molecular weight excluding hydrogens is 574 g/mol. The van der Waals surface area contributed by atoms with Crippen LogP contribution >= 0.6 is 11.8 Å². The molecule has 4 aromatic rings. The second-order valence-corrected chi connectivity index (χ2v) is 11.1. The highest BCUT2D eigenvalue weighted by molar-refractivity contribution is 8.00. The van der Waals surface area contributed by atoms with Crippen LogP contribution in [0.2, 0.25) is 0 Å². The summed E-state index contributed by atoms with van der Waals surface area (Å²) in [6.07, 6.45) is 2.15. The van der Waals surface area contributed by atoms with E-state index < -0.39 is 17.1 Å². The summed E-state index contributed by atoms with van der Waals surface area (Å²) in [4.78, 5) is 51.8. The maximum Gasteiger partial charge on any atom is 0.272 e. The Kier molecular flexibility index (Phi) is 11.1. The Bertz CT molecular complexity index is 1670. The minimum atomic E-state index is -0.516. The number of carbonyl (C=O) groups excluding carboxylic acids is 4. The normalized spacial score (nSPS) is 11.7. The van der Waals surface area contributed by atoms with Gasteiger partial charge in [-0.15, -0.1) is 11.8 Å². The molecule has 0 aliphatic rings. The molecule has 4 aromatic carbocycles. The fourth-order valence-corrected chi connectivity index (χ4v) is 5.20. The van der Waals surface area contributed by atoms with Crippen molar-refractivity contribution in [2.45, 2.75) is 30.4 Å². The van der Waals surface area contributed by atoms with Gasteiger partial charge < -0.3 is 20.7 Å². The molecule has 0 heterocycles. The van der Waals surface area contributed by atoms with Crippen LogP contribution in [-0.4, -0.2) is 35.9 Å². The van der Waals surface area contributed by atoms with Gasteiger partial charge in [-0.1, -0.05) is 43.3 Å². The fourth-order valence-electron chi connectivity index (χ4n) is 4.18. The Hall–Kier alpha value is -5.15. The van der Waals surface area contributed by atoms with E-state index in [1.807, 2.05) is 13.0 Å². The Morgan fingerprint density at radius 2 is 1.52 bits per heavy atom. The van der Waals surface area contributed by atoms with Gasteiger partial charge in [-0.3, -0.25) is 19.2 Å². The van der Waals surface area contributed by atoms with E-state index in [4.69, 9.17) is 4.74 Å². The van der Waals surface area contributed by atoms with Gasteiger partial charge in [0.25, 0.3) is 11.8 Å². The quantitative estimate of drug-likeness (QED) is 0.0926. The zero-order chi connectivity index (χ0) is 31.5. The molecular formula is C35H33N3O5S. The Morgan fingerprint density at radius 3 is 2.20 bits per heavy atom. The molecule has 3 amide bonds. The van der Waals surface area contributed by atoms with Crippen LogP contribution in [0.4, 0.5) is 11.4 Å².